The molecular weight excluding hydrogens is 202 g/mol. The fourth-order valence-electron chi connectivity index (χ4n) is 2.17. The predicted molar refractivity (Wildman–Crippen MR) is 68.2 cm³/mol. The fraction of sp³-hybridized carbons (Fsp3) is 0.538. The maximum absolute atomic E-state index is 5.92. The minimum atomic E-state index is 0.920. The van der Waals surface area contributed by atoms with Gasteiger partial charge in [-0.2, -0.15) is 0 Å². The SMILES string of the molecule is Nc1ccccc1SCC1CCCCC1. The van der Waals surface area contributed by atoms with E-state index in [1.54, 1.807) is 0 Å². The van der Waals surface area contributed by atoms with Gasteiger partial charge in [0.25, 0.3) is 0 Å². The Kier molecular flexibility index (Phi) is 3.95. The molecule has 82 valence electrons. The molecule has 0 spiro atoms. The van der Waals surface area contributed by atoms with Crippen LogP contribution in [0.3, 0.4) is 0 Å². The van der Waals surface area contributed by atoms with Gasteiger partial charge in [0, 0.05) is 16.3 Å². The van der Waals surface area contributed by atoms with Crippen LogP contribution in [0.5, 0.6) is 0 Å². The Morgan fingerprint density at radius 3 is 2.60 bits per heavy atom. The average Bonchev–Trinajstić information content (AvgIpc) is 2.29. The molecule has 0 heterocycles. The number of anilines is 1. The molecule has 0 amide bonds. The number of rotatable bonds is 3. The van der Waals surface area contributed by atoms with E-state index in [9.17, 15) is 0 Å². The molecule has 0 saturated heterocycles. The quantitative estimate of drug-likeness (QED) is 0.618. The number of hydrogen-bond donors (Lipinski definition) is 1. The van der Waals surface area contributed by atoms with E-state index in [2.05, 4.69) is 12.1 Å². The van der Waals surface area contributed by atoms with Gasteiger partial charge in [0.1, 0.15) is 0 Å². The smallest absolute Gasteiger partial charge is 0.0452 e. The minimum Gasteiger partial charge on any atom is -0.398 e. The van der Waals surface area contributed by atoms with E-state index < -0.39 is 0 Å². The fourth-order valence-corrected chi connectivity index (χ4v) is 3.33. The van der Waals surface area contributed by atoms with Crippen LogP contribution in [0.25, 0.3) is 0 Å². The van der Waals surface area contributed by atoms with Gasteiger partial charge >= 0.3 is 0 Å². The predicted octanol–water partition coefficient (Wildman–Crippen LogP) is 3.94. The van der Waals surface area contributed by atoms with Gasteiger partial charge in [-0.15, -0.1) is 11.8 Å². The van der Waals surface area contributed by atoms with E-state index in [1.807, 2.05) is 23.9 Å². The van der Waals surface area contributed by atoms with Crippen molar-refractivity contribution in [2.45, 2.75) is 37.0 Å². The van der Waals surface area contributed by atoms with Gasteiger partial charge in [0.2, 0.25) is 0 Å². The van der Waals surface area contributed by atoms with Crippen LogP contribution in [0, 0.1) is 5.92 Å². The van der Waals surface area contributed by atoms with Gasteiger partial charge in [-0.25, -0.2) is 0 Å². The molecule has 0 unspecified atom stereocenters. The van der Waals surface area contributed by atoms with Crippen molar-refractivity contribution < 1.29 is 0 Å². The van der Waals surface area contributed by atoms with Crippen LogP contribution < -0.4 is 5.73 Å². The summed E-state index contributed by atoms with van der Waals surface area (Å²) in [4.78, 5) is 1.25. The summed E-state index contributed by atoms with van der Waals surface area (Å²) in [5.74, 6) is 2.16. The largest absolute Gasteiger partial charge is 0.398 e. The van der Waals surface area contributed by atoms with Crippen LogP contribution in [0.4, 0.5) is 5.69 Å². The first-order valence-corrected chi connectivity index (χ1v) is 6.82. The summed E-state index contributed by atoms with van der Waals surface area (Å²) >= 11 is 1.93. The molecule has 15 heavy (non-hydrogen) atoms. The Morgan fingerprint density at radius 1 is 1.13 bits per heavy atom. The number of nitrogen functional groups attached to an aromatic ring is 1. The highest BCUT2D eigenvalue weighted by atomic mass is 32.2. The highest BCUT2D eigenvalue weighted by Gasteiger charge is 2.13. The van der Waals surface area contributed by atoms with E-state index in [4.69, 9.17) is 5.73 Å². The number of para-hydroxylation sites is 1. The molecule has 0 bridgehead atoms. The number of thioether (sulfide) groups is 1. The van der Waals surface area contributed by atoms with Crippen molar-refractivity contribution in [3.05, 3.63) is 24.3 Å². The van der Waals surface area contributed by atoms with E-state index in [0.29, 0.717) is 0 Å². The second-order valence-electron chi connectivity index (χ2n) is 4.35. The van der Waals surface area contributed by atoms with E-state index in [-0.39, 0.29) is 0 Å². The van der Waals surface area contributed by atoms with Crippen molar-refractivity contribution in [1.29, 1.82) is 0 Å². The van der Waals surface area contributed by atoms with Gasteiger partial charge in [-0.05, 0) is 30.9 Å². The number of hydrogen-bond acceptors (Lipinski definition) is 2. The zero-order chi connectivity index (χ0) is 10.5. The lowest BCUT2D eigenvalue weighted by molar-refractivity contribution is 0.391. The Hall–Kier alpha value is -0.630. The third kappa shape index (κ3) is 3.16. The maximum Gasteiger partial charge on any atom is 0.0452 e. The Bertz CT molecular complexity index is 305. The maximum atomic E-state index is 5.92. The van der Waals surface area contributed by atoms with Crippen molar-refractivity contribution in [3.8, 4) is 0 Å². The first kappa shape index (κ1) is 10.9. The topological polar surface area (TPSA) is 26.0 Å². The van der Waals surface area contributed by atoms with E-state index >= 15 is 0 Å². The molecule has 1 aromatic carbocycles. The van der Waals surface area contributed by atoms with Crippen molar-refractivity contribution in [2.24, 2.45) is 5.92 Å². The van der Waals surface area contributed by atoms with Crippen LogP contribution in [0.15, 0.2) is 29.2 Å². The van der Waals surface area contributed by atoms with Gasteiger partial charge in [0.05, 0.1) is 0 Å². The second-order valence-corrected chi connectivity index (χ2v) is 5.41. The van der Waals surface area contributed by atoms with Crippen LogP contribution in [0.2, 0.25) is 0 Å². The average molecular weight is 221 g/mol. The Labute approximate surface area is 96.4 Å². The molecule has 1 nitrogen and oxygen atoms in total. The zero-order valence-electron chi connectivity index (χ0n) is 9.11. The molecule has 0 radical (unpaired) electrons. The summed E-state index contributed by atoms with van der Waals surface area (Å²) in [6, 6.07) is 8.19. The lowest BCUT2D eigenvalue weighted by Gasteiger charge is -2.21. The first-order valence-electron chi connectivity index (χ1n) is 5.83. The van der Waals surface area contributed by atoms with Gasteiger partial charge in [-0.1, -0.05) is 31.4 Å². The Morgan fingerprint density at radius 2 is 1.87 bits per heavy atom. The highest BCUT2D eigenvalue weighted by molar-refractivity contribution is 7.99. The molecule has 0 aromatic heterocycles. The third-order valence-corrected chi connectivity index (χ3v) is 4.44. The molecule has 0 aliphatic heterocycles. The first-order chi connectivity index (χ1) is 7.36. The summed E-state index contributed by atoms with van der Waals surface area (Å²) in [7, 11) is 0. The Balaban J connectivity index is 1.84. The summed E-state index contributed by atoms with van der Waals surface area (Å²) in [5, 5.41) is 0. The third-order valence-electron chi connectivity index (χ3n) is 3.12. The van der Waals surface area contributed by atoms with Crippen LogP contribution >= 0.6 is 11.8 Å². The lowest BCUT2D eigenvalue weighted by atomic mass is 9.91. The van der Waals surface area contributed by atoms with Gasteiger partial charge in [-0.3, -0.25) is 0 Å². The summed E-state index contributed by atoms with van der Waals surface area (Å²) in [6.07, 6.45) is 7.12. The molecule has 2 rings (SSSR count). The number of benzene rings is 1. The lowest BCUT2D eigenvalue weighted by Crippen LogP contribution is -2.08. The molecule has 1 aliphatic carbocycles. The van der Waals surface area contributed by atoms with Crippen molar-refractivity contribution >= 4 is 17.4 Å². The van der Waals surface area contributed by atoms with Gasteiger partial charge < -0.3 is 5.73 Å². The molecule has 1 aromatic rings. The van der Waals surface area contributed by atoms with Crippen LogP contribution in [-0.4, -0.2) is 5.75 Å². The molecule has 2 heteroatoms. The summed E-state index contributed by atoms with van der Waals surface area (Å²) in [6.45, 7) is 0. The molecule has 0 atom stereocenters. The monoisotopic (exact) mass is 221 g/mol. The van der Waals surface area contributed by atoms with E-state index in [1.165, 1.54) is 42.8 Å². The van der Waals surface area contributed by atoms with E-state index in [0.717, 1.165) is 11.6 Å². The van der Waals surface area contributed by atoms with Crippen molar-refractivity contribution in [2.75, 3.05) is 11.5 Å². The minimum absolute atomic E-state index is 0.920. The molecular formula is C13H19NS. The highest BCUT2D eigenvalue weighted by Crippen LogP contribution is 2.31. The normalized spacial score (nSPS) is 17.9. The molecule has 1 fully saturated rings. The van der Waals surface area contributed by atoms with Gasteiger partial charge in [0.15, 0.2) is 0 Å². The summed E-state index contributed by atoms with van der Waals surface area (Å²) in [5.41, 5.74) is 6.84. The standard InChI is InChI=1S/C13H19NS/c14-12-8-4-5-9-13(12)15-10-11-6-2-1-3-7-11/h4-5,8-9,11H,1-3,6-7,10,14H2. The van der Waals surface area contributed by atoms with Crippen LogP contribution in [0.1, 0.15) is 32.1 Å². The molecule has 1 saturated carbocycles. The molecule has 1 aliphatic rings. The van der Waals surface area contributed by atoms with Crippen molar-refractivity contribution in [3.63, 3.8) is 0 Å². The second kappa shape index (κ2) is 5.45. The number of nitrogens with two attached hydrogens (primary N) is 1. The van der Waals surface area contributed by atoms with Crippen LogP contribution in [-0.2, 0) is 0 Å². The van der Waals surface area contributed by atoms with Crippen molar-refractivity contribution in [1.82, 2.24) is 0 Å². The molecule has 2 N–H and O–H groups in total. The summed E-state index contributed by atoms with van der Waals surface area (Å²) < 4.78 is 0. The zero-order valence-corrected chi connectivity index (χ0v) is 9.93.